The van der Waals surface area contributed by atoms with Crippen molar-refractivity contribution in [1.82, 2.24) is 10.6 Å². The molecule has 0 radical (unpaired) electrons. The molecule has 0 aliphatic carbocycles. The summed E-state index contributed by atoms with van der Waals surface area (Å²) >= 11 is 3.41. The van der Waals surface area contributed by atoms with Crippen LogP contribution in [0.1, 0.15) is 30.0 Å². The normalized spacial score (nSPS) is 11.4. The molecule has 2 amide bonds. The predicted molar refractivity (Wildman–Crippen MR) is 117 cm³/mol. The van der Waals surface area contributed by atoms with Crippen LogP contribution in [-0.4, -0.2) is 17.9 Å². The number of nitrogens with one attached hydrogen (secondary N) is 2. The molecular formula is C23H21BrN2O3. The molecule has 5 nitrogen and oxygen atoms in total. The average molecular weight is 453 g/mol. The largest absolute Gasteiger partial charge is 0.457 e. The van der Waals surface area contributed by atoms with E-state index in [1.807, 2.05) is 50.2 Å². The van der Waals surface area contributed by atoms with Crippen LogP contribution in [0.2, 0.25) is 0 Å². The van der Waals surface area contributed by atoms with Gasteiger partial charge in [0.1, 0.15) is 17.2 Å². The van der Waals surface area contributed by atoms with Crippen molar-refractivity contribution in [2.75, 3.05) is 0 Å². The van der Waals surface area contributed by atoms with Crippen LogP contribution >= 0.6 is 15.9 Å². The van der Waals surface area contributed by atoms with E-state index in [1.54, 1.807) is 30.3 Å². The van der Waals surface area contributed by atoms with E-state index in [-0.39, 0.29) is 23.6 Å². The first kappa shape index (κ1) is 20.6. The fraction of sp³-hybridized carbons (Fsp3) is 0.130. The molecule has 0 saturated carbocycles. The SMILES string of the molecule is CC(C)NC(=O)/C(=C/c1ccc(-c2ccc(Br)cc2)o1)NC(=O)c1ccccc1. The van der Waals surface area contributed by atoms with Crippen LogP contribution in [0.25, 0.3) is 17.4 Å². The van der Waals surface area contributed by atoms with Crippen molar-refractivity contribution in [3.63, 3.8) is 0 Å². The molecule has 0 saturated heterocycles. The maximum Gasteiger partial charge on any atom is 0.268 e. The summed E-state index contributed by atoms with van der Waals surface area (Å²) in [6.07, 6.45) is 1.53. The van der Waals surface area contributed by atoms with Gasteiger partial charge in [0.25, 0.3) is 11.8 Å². The summed E-state index contributed by atoms with van der Waals surface area (Å²) in [5, 5.41) is 5.48. The second-order valence-corrected chi connectivity index (χ2v) is 7.63. The van der Waals surface area contributed by atoms with Gasteiger partial charge in [0, 0.05) is 27.7 Å². The highest BCUT2D eigenvalue weighted by Crippen LogP contribution is 2.25. The van der Waals surface area contributed by atoms with Crippen molar-refractivity contribution in [3.05, 3.63) is 88.2 Å². The van der Waals surface area contributed by atoms with E-state index in [4.69, 9.17) is 4.42 Å². The van der Waals surface area contributed by atoms with Crippen molar-refractivity contribution in [1.29, 1.82) is 0 Å². The molecule has 1 heterocycles. The van der Waals surface area contributed by atoms with Crippen molar-refractivity contribution >= 4 is 33.8 Å². The van der Waals surface area contributed by atoms with Gasteiger partial charge >= 0.3 is 0 Å². The van der Waals surface area contributed by atoms with Gasteiger partial charge in [-0.2, -0.15) is 0 Å². The molecule has 0 spiro atoms. The molecule has 3 rings (SSSR count). The number of furan rings is 1. The molecule has 0 aliphatic rings. The van der Waals surface area contributed by atoms with Crippen LogP contribution in [0.3, 0.4) is 0 Å². The molecule has 1 aromatic heterocycles. The summed E-state index contributed by atoms with van der Waals surface area (Å²) in [6, 6.07) is 20.0. The molecule has 0 bridgehead atoms. The fourth-order valence-corrected chi connectivity index (χ4v) is 2.89. The molecule has 29 heavy (non-hydrogen) atoms. The van der Waals surface area contributed by atoms with Crippen LogP contribution in [0.5, 0.6) is 0 Å². The summed E-state index contributed by atoms with van der Waals surface area (Å²) in [5.41, 5.74) is 1.49. The van der Waals surface area contributed by atoms with Gasteiger partial charge in [-0.05, 0) is 50.2 Å². The summed E-state index contributed by atoms with van der Waals surface area (Å²) in [5.74, 6) is 0.383. The van der Waals surface area contributed by atoms with E-state index in [2.05, 4.69) is 26.6 Å². The molecule has 3 aromatic rings. The number of benzene rings is 2. The zero-order valence-corrected chi connectivity index (χ0v) is 17.7. The molecule has 6 heteroatoms. The highest BCUT2D eigenvalue weighted by molar-refractivity contribution is 9.10. The summed E-state index contributed by atoms with van der Waals surface area (Å²) < 4.78 is 6.84. The van der Waals surface area contributed by atoms with E-state index in [0.717, 1.165) is 10.0 Å². The van der Waals surface area contributed by atoms with Crippen LogP contribution in [0, 0.1) is 0 Å². The lowest BCUT2D eigenvalue weighted by Crippen LogP contribution is -2.38. The van der Waals surface area contributed by atoms with Crippen molar-refractivity contribution < 1.29 is 14.0 Å². The second-order valence-electron chi connectivity index (χ2n) is 6.72. The van der Waals surface area contributed by atoms with Crippen LogP contribution in [0.15, 0.2) is 81.3 Å². The Kier molecular flexibility index (Phi) is 6.67. The molecule has 0 unspecified atom stereocenters. The number of carbonyl (C=O) groups is 2. The standard InChI is InChI=1S/C23H21BrN2O3/c1-15(2)25-23(28)20(26-22(27)17-6-4-3-5-7-17)14-19-12-13-21(29-19)16-8-10-18(24)11-9-16/h3-15H,1-2H3,(H,25,28)(H,26,27)/b20-14-. The Balaban J connectivity index is 1.87. The number of amides is 2. The van der Waals surface area contributed by atoms with Crippen molar-refractivity contribution in [2.24, 2.45) is 0 Å². The lowest BCUT2D eigenvalue weighted by atomic mass is 10.2. The first-order valence-corrected chi connectivity index (χ1v) is 9.96. The minimum Gasteiger partial charge on any atom is -0.457 e. The Hall–Kier alpha value is -3.12. The van der Waals surface area contributed by atoms with E-state index in [0.29, 0.717) is 17.1 Å². The average Bonchev–Trinajstić information content (AvgIpc) is 3.16. The van der Waals surface area contributed by atoms with Crippen LogP contribution < -0.4 is 10.6 Å². The Bertz CT molecular complexity index is 1020. The number of carbonyl (C=O) groups excluding carboxylic acids is 2. The van der Waals surface area contributed by atoms with Gasteiger partial charge in [0.2, 0.25) is 0 Å². The Labute approximate surface area is 177 Å². The third-order valence-electron chi connectivity index (χ3n) is 3.99. The Morgan fingerprint density at radius 2 is 1.66 bits per heavy atom. The predicted octanol–water partition coefficient (Wildman–Crippen LogP) is 5.00. The van der Waals surface area contributed by atoms with Crippen molar-refractivity contribution in [2.45, 2.75) is 19.9 Å². The topological polar surface area (TPSA) is 71.3 Å². The molecule has 0 fully saturated rings. The van der Waals surface area contributed by atoms with E-state index < -0.39 is 0 Å². The lowest BCUT2D eigenvalue weighted by Gasteiger charge is -2.12. The minimum absolute atomic E-state index is 0.0746. The third kappa shape index (κ3) is 5.68. The second kappa shape index (κ2) is 9.39. The molecular weight excluding hydrogens is 432 g/mol. The minimum atomic E-state index is -0.383. The smallest absolute Gasteiger partial charge is 0.268 e. The fourth-order valence-electron chi connectivity index (χ4n) is 2.62. The van der Waals surface area contributed by atoms with E-state index >= 15 is 0 Å². The number of halogens is 1. The highest BCUT2D eigenvalue weighted by atomic mass is 79.9. The maximum atomic E-state index is 12.6. The molecule has 2 N–H and O–H groups in total. The first-order chi connectivity index (χ1) is 13.9. The van der Waals surface area contributed by atoms with Gasteiger partial charge in [-0.3, -0.25) is 9.59 Å². The number of hydrogen-bond acceptors (Lipinski definition) is 3. The summed E-state index contributed by atoms with van der Waals surface area (Å²) in [7, 11) is 0. The number of hydrogen-bond donors (Lipinski definition) is 2. The van der Waals surface area contributed by atoms with E-state index in [1.165, 1.54) is 6.08 Å². The van der Waals surface area contributed by atoms with Crippen molar-refractivity contribution in [3.8, 4) is 11.3 Å². The first-order valence-electron chi connectivity index (χ1n) is 9.17. The molecule has 2 aromatic carbocycles. The summed E-state index contributed by atoms with van der Waals surface area (Å²) in [6.45, 7) is 3.71. The van der Waals surface area contributed by atoms with Gasteiger partial charge in [0.05, 0.1) is 0 Å². The Morgan fingerprint density at radius 1 is 0.966 bits per heavy atom. The quantitative estimate of drug-likeness (QED) is 0.516. The zero-order valence-electron chi connectivity index (χ0n) is 16.1. The molecule has 0 atom stereocenters. The Morgan fingerprint density at radius 3 is 2.31 bits per heavy atom. The van der Waals surface area contributed by atoms with Gasteiger partial charge in [-0.25, -0.2) is 0 Å². The zero-order chi connectivity index (χ0) is 20.8. The summed E-state index contributed by atoms with van der Waals surface area (Å²) in [4.78, 5) is 25.1. The highest BCUT2D eigenvalue weighted by Gasteiger charge is 2.16. The van der Waals surface area contributed by atoms with Gasteiger partial charge in [0.15, 0.2) is 0 Å². The van der Waals surface area contributed by atoms with Gasteiger partial charge in [-0.15, -0.1) is 0 Å². The monoisotopic (exact) mass is 452 g/mol. The van der Waals surface area contributed by atoms with E-state index in [9.17, 15) is 9.59 Å². The third-order valence-corrected chi connectivity index (χ3v) is 4.52. The maximum absolute atomic E-state index is 12.6. The molecule has 148 valence electrons. The van der Waals surface area contributed by atoms with Crippen LogP contribution in [0.4, 0.5) is 0 Å². The number of rotatable bonds is 6. The van der Waals surface area contributed by atoms with Gasteiger partial charge < -0.3 is 15.1 Å². The van der Waals surface area contributed by atoms with Gasteiger partial charge in [-0.1, -0.05) is 46.3 Å². The van der Waals surface area contributed by atoms with Crippen LogP contribution in [-0.2, 0) is 4.79 Å². The lowest BCUT2D eigenvalue weighted by molar-refractivity contribution is -0.118. The molecule has 0 aliphatic heterocycles.